The van der Waals surface area contributed by atoms with Gasteiger partial charge in [-0.1, -0.05) is 43.0 Å². The van der Waals surface area contributed by atoms with Crippen molar-refractivity contribution in [1.29, 1.82) is 0 Å². The van der Waals surface area contributed by atoms with E-state index in [0.717, 1.165) is 19.3 Å². The van der Waals surface area contributed by atoms with Gasteiger partial charge in [0.1, 0.15) is 0 Å². The van der Waals surface area contributed by atoms with Crippen molar-refractivity contribution in [1.82, 2.24) is 0 Å². The van der Waals surface area contributed by atoms with Gasteiger partial charge in [0.05, 0.1) is 28.8 Å². The van der Waals surface area contributed by atoms with Crippen molar-refractivity contribution in [3.63, 3.8) is 0 Å². The van der Waals surface area contributed by atoms with Crippen LogP contribution in [0.15, 0.2) is 42.5 Å². The number of carbonyl (C=O) groups excluding carboxylic acids is 4. The van der Waals surface area contributed by atoms with Crippen LogP contribution in [0.3, 0.4) is 0 Å². The third-order valence-electron chi connectivity index (χ3n) is 5.40. The lowest BCUT2D eigenvalue weighted by molar-refractivity contribution is -0.151. The molecule has 2 amide bonds. The first-order valence-electron chi connectivity index (χ1n) is 11.3. The van der Waals surface area contributed by atoms with Crippen molar-refractivity contribution in [3.8, 4) is 0 Å². The van der Waals surface area contributed by atoms with E-state index in [1.807, 2.05) is 0 Å². The van der Waals surface area contributed by atoms with Crippen LogP contribution in [0.4, 0.5) is 11.4 Å². The van der Waals surface area contributed by atoms with Crippen molar-refractivity contribution in [3.05, 3.63) is 58.1 Å². The number of halogens is 2. The maximum Gasteiger partial charge on any atom is 0.338 e. The van der Waals surface area contributed by atoms with E-state index < -0.39 is 30.4 Å². The van der Waals surface area contributed by atoms with Crippen molar-refractivity contribution in [2.75, 3.05) is 30.0 Å². The molecule has 1 aliphatic heterocycles. The highest BCUT2D eigenvalue weighted by atomic mass is 35.5. The lowest BCUT2D eigenvalue weighted by Gasteiger charge is -2.17. The van der Waals surface area contributed by atoms with Gasteiger partial charge in [0, 0.05) is 23.7 Å². The van der Waals surface area contributed by atoms with E-state index in [2.05, 4.69) is 12.2 Å². The number of hydrogen-bond acceptors (Lipinski definition) is 6. The quantitative estimate of drug-likeness (QED) is 0.354. The van der Waals surface area contributed by atoms with Crippen LogP contribution < -0.4 is 10.2 Å². The summed E-state index contributed by atoms with van der Waals surface area (Å²) in [5.41, 5.74) is 1.29. The fourth-order valence-corrected chi connectivity index (χ4v) is 3.98. The Morgan fingerprint density at radius 1 is 1.06 bits per heavy atom. The van der Waals surface area contributed by atoms with E-state index in [9.17, 15) is 19.2 Å². The van der Waals surface area contributed by atoms with Crippen molar-refractivity contribution in [2.24, 2.45) is 5.92 Å². The zero-order valence-corrected chi connectivity index (χ0v) is 20.7. The normalized spacial score (nSPS) is 15.1. The predicted molar refractivity (Wildman–Crippen MR) is 133 cm³/mol. The summed E-state index contributed by atoms with van der Waals surface area (Å²) in [6.45, 7) is 2.04. The molecule has 35 heavy (non-hydrogen) atoms. The molecule has 0 unspecified atom stereocenters. The van der Waals surface area contributed by atoms with Gasteiger partial charge < -0.3 is 19.7 Å². The molecule has 1 aliphatic rings. The summed E-state index contributed by atoms with van der Waals surface area (Å²) in [6.07, 6.45) is 2.81. The molecule has 0 radical (unpaired) electrons. The molecule has 1 heterocycles. The maximum atomic E-state index is 12.5. The molecule has 2 aromatic rings. The van der Waals surface area contributed by atoms with Gasteiger partial charge in [-0.3, -0.25) is 14.4 Å². The van der Waals surface area contributed by atoms with Crippen molar-refractivity contribution in [2.45, 2.75) is 32.6 Å². The molecule has 186 valence electrons. The van der Waals surface area contributed by atoms with Gasteiger partial charge in [-0.2, -0.15) is 0 Å². The number of rotatable bonds is 10. The first-order chi connectivity index (χ1) is 16.8. The Labute approximate surface area is 213 Å². The minimum atomic E-state index is -0.711. The molecule has 0 aliphatic carbocycles. The number of anilines is 2. The predicted octanol–water partition coefficient (Wildman–Crippen LogP) is 4.88. The van der Waals surface area contributed by atoms with E-state index in [1.165, 1.54) is 17.0 Å². The summed E-state index contributed by atoms with van der Waals surface area (Å²) in [7, 11) is 0. The molecule has 0 spiro atoms. The molecule has 3 rings (SSSR count). The molecular formula is C25H26Cl2N2O6. The van der Waals surface area contributed by atoms with E-state index in [-0.39, 0.29) is 23.9 Å². The summed E-state index contributed by atoms with van der Waals surface area (Å²) < 4.78 is 10.3. The number of ether oxygens (including phenoxy) is 2. The fraction of sp³-hybridized carbons (Fsp3) is 0.360. The van der Waals surface area contributed by atoms with Gasteiger partial charge >= 0.3 is 11.9 Å². The number of esters is 2. The first-order valence-corrected chi connectivity index (χ1v) is 12.0. The Balaban J connectivity index is 1.49. The lowest BCUT2D eigenvalue weighted by Crippen LogP contribution is -2.28. The highest BCUT2D eigenvalue weighted by Gasteiger charge is 2.36. The fourth-order valence-electron chi connectivity index (χ4n) is 3.52. The van der Waals surface area contributed by atoms with Crippen molar-refractivity contribution < 1.29 is 28.7 Å². The second kappa shape index (κ2) is 12.6. The van der Waals surface area contributed by atoms with Gasteiger partial charge in [-0.15, -0.1) is 0 Å². The number of benzene rings is 2. The number of carbonyl (C=O) groups is 4. The van der Waals surface area contributed by atoms with Gasteiger partial charge in [-0.25, -0.2) is 4.79 Å². The number of amides is 2. The molecule has 1 saturated heterocycles. The minimum Gasteiger partial charge on any atom is -0.462 e. The molecule has 10 heteroatoms. The van der Waals surface area contributed by atoms with Crippen molar-refractivity contribution >= 4 is 58.3 Å². The highest BCUT2D eigenvalue weighted by molar-refractivity contribution is 6.36. The van der Waals surface area contributed by atoms with Crippen LogP contribution >= 0.6 is 23.2 Å². The Hall–Kier alpha value is -3.10. The molecular weight excluding hydrogens is 495 g/mol. The second-order valence-electron chi connectivity index (χ2n) is 8.08. The zero-order valence-electron chi connectivity index (χ0n) is 19.2. The lowest BCUT2D eigenvalue weighted by atomic mass is 10.1. The third-order valence-corrected chi connectivity index (χ3v) is 5.95. The van der Waals surface area contributed by atoms with E-state index in [0.29, 0.717) is 28.6 Å². The van der Waals surface area contributed by atoms with Crippen LogP contribution in [-0.4, -0.2) is 43.5 Å². The molecule has 1 fully saturated rings. The number of unbranched alkanes of at least 4 members (excludes halogenated alkanes) is 2. The Morgan fingerprint density at radius 3 is 2.49 bits per heavy atom. The van der Waals surface area contributed by atoms with Crippen LogP contribution in [0.25, 0.3) is 0 Å². The topological polar surface area (TPSA) is 102 Å². The summed E-state index contributed by atoms with van der Waals surface area (Å²) in [5.74, 6) is -2.59. The summed E-state index contributed by atoms with van der Waals surface area (Å²) in [6, 6.07) is 11.0. The minimum absolute atomic E-state index is 0.0370. The maximum absolute atomic E-state index is 12.5. The monoisotopic (exact) mass is 520 g/mol. The van der Waals surface area contributed by atoms with Gasteiger partial charge in [0.15, 0.2) is 6.61 Å². The van der Waals surface area contributed by atoms with E-state index in [1.54, 1.807) is 30.3 Å². The van der Waals surface area contributed by atoms with Gasteiger partial charge in [0.25, 0.3) is 5.91 Å². The highest BCUT2D eigenvalue weighted by Crippen LogP contribution is 2.27. The molecule has 1 N–H and O–H groups in total. The number of nitrogens with zero attached hydrogens (tertiary/aromatic N) is 1. The smallest absolute Gasteiger partial charge is 0.338 e. The molecule has 0 aromatic heterocycles. The zero-order chi connectivity index (χ0) is 25.4. The van der Waals surface area contributed by atoms with Crippen LogP contribution in [0.1, 0.15) is 43.0 Å². The molecule has 0 bridgehead atoms. The average molecular weight is 521 g/mol. The SMILES string of the molecule is CCCCCOC(=O)c1ccc(N2C[C@@H](C(=O)OCC(=O)Nc3ccc(Cl)cc3Cl)CC2=O)cc1. The molecule has 8 nitrogen and oxygen atoms in total. The summed E-state index contributed by atoms with van der Waals surface area (Å²) >= 11 is 11.8. The van der Waals surface area contributed by atoms with Crippen LogP contribution in [0.5, 0.6) is 0 Å². The third kappa shape index (κ3) is 7.44. The Kier molecular flexibility index (Phi) is 9.51. The first kappa shape index (κ1) is 26.5. The summed E-state index contributed by atoms with van der Waals surface area (Å²) in [5, 5.41) is 3.22. The standard InChI is InChI=1S/C25H26Cl2N2O6/c1-2-3-4-11-34-24(32)16-5-8-19(9-6-16)29-14-17(12-23(29)31)25(33)35-15-22(30)28-21-10-7-18(26)13-20(21)27/h5-10,13,17H,2-4,11-12,14-15H2,1H3,(H,28,30)/t17-/m0/s1. The number of hydrogen-bond donors (Lipinski definition) is 1. The molecule has 1 atom stereocenters. The van der Waals surface area contributed by atoms with Gasteiger partial charge in [-0.05, 0) is 48.9 Å². The second-order valence-corrected chi connectivity index (χ2v) is 8.92. The van der Waals surface area contributed by atoms with Crippen LogP contribution in [-0.2, 0) is 23.9 Å². The van der Waals surface area contributed by atoms with E-state index in [4.69, 9.17) is 32.7 Å². The summed E-state index contributed by atoms with van der Waals surface area (Å²) in [4.78, 5) is 50.6. The van der Waals surface area contributed by atoms with E-state index >= 15 is 0 Å². The molecule has 2 aromatic carbocycles. The number of nitrogens with one attached hydrogen (secondary N) is 1. The van der Waals surface area contributed by atoms with Gasteiger partial charge in [0.2, 0.25) is 5.91 Å². The Morgan fingerprint density at radius 2 is 1.80 bits per heavy atom. The largest absolute Gasteiger partial charge is 0.462 e. The molecule has 0 saturated carbocycles. The van der Waals surface area contributed by atoms with Crippen LogP contribution in [0, 0.1) is 5.92 Å². The Bertz CT molecular complexity index is 1090. The van der Waals surface area contributed by atoms with Crippen LogP contribution in [0.2, 0.25) is 10.0 Å². The average Bonchev–Trinajstić information content (AvgIpc) is 3.23.